The number of aldehydes is 1. The number of phenols is 1. The minimum Gasteiger partial charge on any atom is -0.508 e. The van der Waals surface area contributed by atoms with Crippen LogP contribution in [0.25, 0.3) is 10.8 Å². The Hall–Kier alpha value is -4.18. The number of amides is 1. The van der Waals surface area contributed by atoms with E-state index >= 15 is 0 Å². The number of hydrogen-bond acceptors (Lipinski definition) is 9. The highest BCUT2D eigenvalue weighted by molar-refractivity contribution is 5.95. The van der Waals surface area contributed by atoms with Crippen LogP contribution in [-0.2, 0) is 22.6 Å². The van der Waals surface area contributed by atoms with Crippen LogP contribution in [0.1, 0.15) is 24.1 Å². The van der Waals surface area contributed by atoms with E-state index in [4.69, 9.17) is 14.7 Å². The summed E-state index contributed by atoms with van der Waals surface area (Å²) in [6, 6.07) is 11.9. The third-order valence-electron chi connectivity index (χ3n) is 7.71. The number of aromatic nitrogens is 2. The van der Waals surface area contributed by atoms with Gasteiger partial charge in [-0.3, -0.25) is 4.79 Å². The van der Waals surface area contributed by atoms with Crippen LogP contribution >= 0.6 is 0 Å². The van der Waals surface area contributed by atoms with Crippen LogP contribution in [0.4, 0.5) is 11.5 Å². The maximum atomic E-state index is 12.1. The number of nitrogens with zero attached hydrogens (tertiary/aromatic N) is 5. The van der Waals surface area contributed by atoms with Crippen LogP contribution in [0.3, 0.4) is 0 Å². The summed E-state index contributed by atoms with van der Waals surface area (Å²) in [6.07, 6.45) is 4.12. The Bertz CT molecular complexity index is 1390. The molecule has 0 bridgehead atoms. The van der Waals surface area contributed by atoms with Gasteiger partial charge in [0.25, 0.3) is 0 Å². The summed E-state index contributed by atoms with van der Waals surface area (Å²) in [5.41, 5.74) is 2.93. The molecule has 0 spiro atoms. The van der Waals surface area contributed by atoms with Gasteiger partial charge in [0, 0.05) is 67.9 Å². The molecule has 40 heavy (non-hydrogen) atoms. The number of fused-ring (bicyclic) bond motifs is 2. The second-order valence-corrected chi connectivity index (χ2v) is 10.2. The Morgan fingerprint density at radius 2 is 1.95 bits per heavy atom. The van der Waals surface area contributed by atoms with E-state index < -0.39 is 0 Å². The van der Waals surface area contributed by atoms with E-state index in [-0.39, 0.29) is 17.7 Å². The molecular weight excluding hydrogens is 508 g/mol. The number of likely N-dealkylation sites (N-methyl/N-ethyl adjacent to an activating group) is 1. The van der Waals surface area contributed by atoms with E-state index in [1.54, 1.807) is 11.0 Å². The molecule has 2 aromatic carbocycles. The predicted molar refractivity (Wildman–Crippen MR) is 155 cm³/mol. The van der Waals surface area contributed by atoms with Crippen molar-refractivity contribution in [3.05, 3.63) is 60.3 Å². The van der Waals surface area contributed by atoms with Gasteiger partial charge in [0.15, 0.2) is 0 Å². The number of hydrogen-bond donors (Lipinski definition) is 2. The number of aromatic hydroxyl groups is 1. The van der Waals surface area contributed by atoms with E-state index in [0.29, 0.717) is 58.2 Å². The number of nitrogens with one attached hydrogen (secondary N) is 1. The number of piperazine rings is 1. The summed E-state index contributed by atoms with van der Waals surface area (Å²) in [4.78, 5) is 39.0. The summed E-state index contributed by atoms with van der Waals surface area (Å²) in [6.45, 7) is 7.74. The van der Waals surface area contributed by atoms with Crippen molar-refractivity contribution in [3.8, 4) is 11.8 Å². The SMILES string of the molecule is C=CC(=O)N1CCN(c2nc(OCC(CCC=O)NC)nc3c2CCN(c2cc(O)cc4ccccc24)C3)CC1. The van der Waals surface area contributed by atoms with E-state index in [0.717, 1.165) is 52.8 Å². The van der Waals surface area contributed by atoms with Crippen LogP contribution in [0.15, 0.2) is 49.1 Å². The summed E-state index contributed by atoms with van der Waals surface area (Å²) in [5.74, 6) is 1.02. The number of carbonyl (C=O) groups is 2. The van der Waals surface area contributed by atoms with E-state index in [1.165, 1.54) is 6.08 Å². The number of anilines is 2. The summed E-state index contributed by atoms with van der Waals surface area (Å²) in [5, 5.41) is 15.7. The van der Waals surface area contributed by atoms with Crippen LogP contribution < -0.4 is 19.9 Å². The van der Waals surface area contributed by atoms with Crippen LogP contribution in [0, 0.1) is 0 Å². The molecule has 10 nitrogen and oxygen atoms in total. The number of carbonyl (C=O) groups excluding carboxylic acids is 2. The van der Waals surface area contributed by atoms with Gasteiger partial charge in [0.1, 0.15) is 24.5 Å². The number of phenolic OH excluding ortho intramolecular Hbond substituents is 1. The van der Waals surface area contributed by atoms with Crippen molar-refractivity contribution >= 4 is 34.5 Å². The lowest BCUT2D eigenvalue weighted by Gasteiger charge is -2.38. The van der Waals surface area contributed by atoms with E-state index in [1.807, 2.05) is 31.3 Å². The van der Waals surface area contributed by atoms with Gasteiger partial charge in [-0.1, -0.05) is 30.8 Å². The fourth-order valence-corrected chi connectivity index (χ4v) is 5.48. The third kappa shape index (κ3) is 5.86. The first kappa shape index (κ1) is 27.4. The minimum absolute atomic E-state index is 0.00287. The zero-order chi connectivity index (χ0) is 28.1. The predicted octanol–water partition coefficient (Wildman–Crippen LogP) is 2.68. The number of ether oxygens (including phenoxy) is 1. The Morgan fingerprint density at radius 3 is 2.70 bits per heavy atom. The van der Waals surface area contributed by atoms with Gasteiger partial charge in [-0.05, 0) is 37.4 Å². The summed E-state index contributed by atoms with van der Waals surface area (Å²) in [7, 11) is 1.85. The Labute approximate surface area is 234 Å². The van der Waals surface area contributed by atoms with Crippen LogP contribution in [-0.4, -0.2) is 84.6 Å². The lowest BCUT2D eigenvalue weighted by Crippen LogP contribution is -2.49. The minimum atomic E-state index is -0.0594. The van der Waals surface area contributed by atoms with Gasteiger partial charge < -0.3 is 34.7 Å². The average Bonchev–Trinajstić information content (AvgIpc) is 2.99. The van der Waals surface area contributed by atoms with Gasteiger partial charge in [0.05, 0.1) is 12.2 Å². The molecule has 1 unspecified atom stereocenters. The molecular formula is C30H36N6O4. The van der Waals surface area contributed by atoms with Crippen molar-refractivity contribution in [3.63, 3.8) is 0 Å². The topological polar surface area (TPSA) is 111 Å². The second-order valence-electron chi connectivity index (χ2n) is 10.2. The maximum absolute atomic E-state index is 12.1. The molecule has 0 radical (unpaired) electrons. The summed E-state index contributed by atoms with van der Waals surface area (Å²) < 4.78 is 6.10. The highest BCUT2D eigenvalue weighted by Crippen LogP contribution is 2.36. The number of rotatable bonds is 10. The molecule has 1 fully saturated rings. The van der Waals surface area contributed by atoms with E-state index in [2.05, 4.69) is 27.8 Å². The quantitative estimate of drug-likeness (QED) is 0.294. The molecule has 2 aliphatic rings. The van der Waals surface area contributed by atoms with Gasteiger partial charge in [-0.15, -0.1) is 0 Å². The summed E-state index contributed by atoms with van der Waals surface area (Å²) >= 11 is 0. The third-order valence-corrected chi connectivity index (χ3v) is 7.71. The van der Waals surface area contributed by atoms with Crippen molar-refractivity contribution in [2.45, 2.75) is 31.8 Å². The van der Waals surface area contributed by atoms with Crippen molar-refractivity contribution < 1.29 is 19.4 Å². The number of benzene rings is 2. The maximum Gasteiger partial charge on any atom is 0.318 e. The van der Waals surface area contributed by atoms with Gasteiger partial charge >= 0.3 is 6.01 Å². The van der Waals surface area contributed by atoms with Crippen molar-refractivity contribution in [2.75, 3.05) is 56.2 Å². The first-order valence-electron chi connectivity index (χ1n) is 13.8. The molecule has 10 heteroatoms. The monoisotopic (exact) mass is 544 g/mol. The van der Waals surface area contributed by atoms with Crippen molar-refractivity contribution in [2.24, 2.45) is 0 Å². The molecule has 0 saturated carbocycles. The van der Waals surface area contributed by atoms with Crippen LogP contribution in [0.5, 0.6) is 11.8 Å². The van der Waals surface area contributed by atoms with Crippen molar-refractivity contribution in [1.29, 1.82) is 0 Å². The first-order chi connectivity index (χ1) is 19.5. The van der Waals surface area contributed by atoms with Crippen molar-refractivity contribution in [1.82, 2.24) is 20.2 Å². The molecule has 0 aliphatic carbocycles. The average molecular weight is 545 g/mol. The Kier molecular flexibility index (Phi) is 8.45. The molecule has 1 aromatic heterocycles. The van der Waals surface area contributed by atoms with E-state index in [9.17, 15) is 14.7 Å². The first-order valence-corrected chi connectivity index (χ1v) is 13.8. The lowest BCUT2D eigenvalue weighted by atomic mass is 10.0. The Balaban J connectivity index is 1.45. The molecule has 1 saturated heterocycles. The second kappa shape index (κ2) is 12.3. The standard InChI is InChI=1S/C30H36N6O4/c1-3-28(39)34-12-14-35(15-13-34)29-25-10-11-36(27-18-23(38)17-21-7-4-5-9-24(21)27)19-26(25)32-30(33-29)40-20-22(31-2)8-6-16-37/h3-5,7,9,16-18,22,31,38H,1,6,8,10-15,19-20H2,2H3. The molecule has 2 aliphatic heterocycles. The lowest BCUT2D eigenvalue weighted by molar-refractivity contribution is -0.126. The molecule has 3 heterocycles. The highest BCUT2D eigenvalue weighted by Gasteiger charge is 2.29. The highest BCUT2D eigenvalue weighted by atomic mass is 16.5. The zero-order valence-electron chi connectivity index (χ0n) is 22.9. The Morgan fingerprint density at radius 1 is 1.15 bits per heavy atom. The molecule has 1 amide bonds. The van der Waals surface area contributed by atoms with Gasteiger partial charge in [-0.25, -0.2) is 0 Å². The molecule has 5 rings (SSSR count). The largest absolute Gasteiger partial charge is 0.508 e. The molecule has 3 aromatic rings. The molecule has 2 N–H and O–H groups in total. The molecule has 1 atom stereocenters. The fourth-order valence-electron chi connectivity index (χ4n) is 5.48. The van der Waals surface area contributed by atoms with Crippen LogP contribution in [0.2, 0.25) is 0 Å². The zero-order valence-corrected chi connectivity index (χ0v) is 22.9. The van der Waals surface area contributed by atoms with Gasteiger partial charge in [-0.2, -0.15) is 9.97 Å². The molecule has 210 valence electrons. The fraction of sp³-hybridized carbons (Fsp3) is 0.400. The normalized spacial score (nSPS) is 16.0. The smallest absolute Gasteiger partial charge is 0.318 e. The van der Waals surface area contributed by atoms with Gasteiger partial charge in [0.2, 0.25) is 5.91 Å².